The lowest BCUT2D eigenvalue weighted by Gasteiger charge is -2.53. The maximum atomic E-state index is 13.3. The van der Waals surface area contributed by atoms with Crippen LogP contribution >= 0.6 is 0 Å². The first-order valence-corrected chi connectivity index (χ1v) is 8.26. The molecule has 0 atom stereocenters. The number of anilines is 1. The zero-order chi connectivity index (χ0) is 16.9. The molecular weight excluding hydrogens is 317 g/mol. The monoisotopic (exact) mass is 336 g/mol. The zero-order valence-electron chi connectivity index (χ0n) is 13.2. The molecule has 1 N–H and O–H groups in total. The summed E-state index contributed by atoms with van der Waals surface area (Å²) in [4.78, 5) is 5.87. The summed E-state index contributed by atoms with van der Waals surface area (Å²) in [6.07, 6.45) is -0.751. The van der Waals surface area contributed by atoms with E-state index >= 15 is 0 Å². The van der Waals surface area contributed by atoms with Crippen molar-refractivity contribution < 1.29 is 18.3 Å². The predicted octanol–water partition coefficient (Wildman–Crippen LogP) is 3.99. The van der Waals surface area contributed by atoms with Gasteiger partial charge in [-0.05, 0) is 37.8 Å². The van der Waals surface area contributed by atoms with Crippen molar-refractivity contribution >= 4 is 16.6 Å². The second-order valence-electron chi connectivity index (χ2n) is 7.06. The van der Waals surface area contributed by atoms with E-state index in [0.29, 0.717) is 17.7 Å². The van der Waals surface area contributed by atoms with E-state index in [1.165, 1.54) is 6.07 Å². The molecule has 3 fully saturated rings. The minimum Gasteiger partial charge on any atom is -0.396 e. The lowest BCUT2D eigenvalue weighted by Crippen LogP contribution is -2.55. The second-order valence-corrected chi connectivity index (χ2v) is 7.06. The van der Waals surface area contributed by atoms with Crippen LogP contribution in [0.2, 0.25) is 0 Å². The van der Waals surface area contributed by atoms with E-state index in [2.05, 4.69) is 9.88 Å². The molecule has 6 heteroatoms. The van der Waals surface area contributed by atoms with Gasteiger partial charge in [0.05, 0.1) is 12.1 Å². The third-order valence-corrected chi connectivity index (χ3v) is 5.59. The second kappa shape index (κ2) is 5.34. The van der Waals surface area contributed by atoms with Crippen molar-refractivity contribution in [3.8, 4) is 0 Å². The molecule has 2 aromatic rings. The Morgan fingerprint density at radius 3 is 2.58 bits per heavy atom. The molecule has 3 aliphatic rings. The Morgan fingerprint density at radius 1 is 1.21 bits per heavy atom. The van der Waals surface area contributed by atoms with Gasteiger partial charge in [-0.3, -0.25) is 0 Å². The van der Waals surface area contributed by atoms with Crippen molar-refractivity contribution in [1.82, 2.24) is 4.98 Å². The predicted molar refractivity (Wildman–Crippen MR) is 85.9 cm³/mol. The molecule has 1 aromatic carbocycles. The summed E-state index contributed by atoms with van der Waals surface area (Å²) in [6.45, 7) is 0.699. The number of halogens is 3. The van der Waals surface area contributed by atoms with E-state index in [9.17, 15) is 18.3 Å². The highest BCUT2D eigenvalue weighted by molar-refractivity contribution is 5.92. The number of piperidine rings is 2. The Bertz CT molecular complexity index is 766. The summed E-state index contributed by atoms with van der Waals surface area (Å²) in [5, 5.41) is 10.6. The summed E-state index contributed by atoms with van der Waals surface area (Å²) < 4.78 is 39.8. The van der Waals surface area contributed by atoms with Crippen LogP contribution in [0, 0.1) is 5.41 Å². The first kappa shape index (κ1) is 15.7. The molecule has 2 aliphatic heterocycles. The summed E-state index contributed by atoms with van der Waals surface area (Å²) >= 11 is 0. The summed E-state index contributed by atoms with van der Waals surface area (Å²) in [5.74, 6) is 0. The zero-order valence-corrected chi connectivity index (χ0v) is 13.2. The van der Waals surface area contributed by atoms with E-state index in [4.69, 9.17) is 0 Å². The van der Waals surface area contributed by atoms with Crippen LogP contribution in [-0.2, 0) is 6.18 Å². The molecule has 1 aromatic heterocycles. The Hall–Kier alpha value is -1.82. The van der Waals surface area contributed by atoms with Crippen LogP contribution in [0.3, 0.4) is 0 Å². The number of aromatic nitrogens is 1. The highest BCUT2D eigenvalue weighted by Gasteiger charge is 2.45. The van der Waals surface area contributed by atoms with Crippen molar-refractivity contribution in [3.05, 3.63) is 36.0 Å². The number of fused-ring (bicyclic) bond motifs is 4. The fourth-order valence-corrected chi connectivity index (χ4v) is 4.21. The molecule has 3 heterocycles. The van der Waals surface area contributed by atoms with Gasteiger partial charge in [0.25, 0.3) is 0 Å². The molecular formula is C18H19F3N2O. The summed E-state index contributed by atoms with van der Waals surface area (Å²) in [6, 6.07) is 8.39. The smallest absolute Gasteiger partial charge is 0.396 e. The fraction of sp³-hybridized carbons (Fsp3) is 0.500. The first-order chi connectivity index (χ1) is 11.4. The molecule has 2 saturated heterocycles. The van der Waals surface area contributed by atoms with Gasteiger partial charge in [0.1, 0.15) is 5.69 Å². The van der Waals surface area contributed by atoms with Crippen LogP contribution in [0.15, 0.2) is 30.3 Å². The van der Waals surface area contributed by atoms with Crippen LogP contribution in [-0.4, -0.2) is 29.3 Å². The first-order valence-electron chi connectivity index (χ1n) is 8.26. The Balaban J connectivity index is 1.86. The number of aliphatic hydroxyl groups excluding tert-OH is 1. The number of hydrogen-bond acceptors (Lipinski definition) is 3. The molecule has 0 radical (unpaired) electrons. The quantitative estimate of drug-likeness (QED) is 0.901. The molecule has 1 saturated carbocycles. The van der Waals surface area contributed by atoms with Crippen LogP contribution in [0.25, 0.3) is 10.9 Å². The maximum Gasteiger partial charge on any atom is 0.433 e. The number of pyridine rings is 1. The van der Waals surface area contributed by atoms with Gasteiger partial charge in [-0.25, -0.2) is 4.98 Å². The highest BCUT2D eigenvalue weighted by atomic mass is 19.4. The summed E-state index contributed by atoms with van der Waals surface area (Å²) in [5.41, 5.74) is -0.0787. The number of benzene rings is 1. The van der Waals surface area contributed by atoms with Gasteiger partial charge in [0, 0.05) is 29.1 Å². The van der Waals surface area contributed by atoms with Gasteiger partial charge in [-0.1, -0.05) is 18.2 Å². The number of alkyl halides is 3. The molecule has 0 unspecified atom stereocenters. The van der Waals surface area contributed by atoms with Gasteiger partial charge in [0.2, 0.25) is 0 Å². The van der Waals surface area contributed by atoms with Gasteiger partial charge >= 0.3 is 6.18 Å². The van der Waals surface area contributed by atoms with E-state index in [1.54, 1.807) is 12.1 Å². The SMILES string of the molecule is OCC12CCC(CC1)N(c1cc(C(F)(F)F)nc3ccccc13)C2. The molecule has 24 heavy (non-hydrogen) atoms. The number of aliphatic hydroxyl groups is 1. The van der Waals surface area contributed by atoms with Gasteiger partial charge in [0.15, 0.2) is 0 Å². The molecule has 5 rings (SSSR count). The van der Waals surface area contributed by atoms with Crippen molar-refractivity contribution in [3.63, 3.8) is 0 Å². The van der Waals surface area contributed by atoms with Gasteiger partial charge < -0.3 is 10.0 Å². The molecule has 0 amide bonds. The molecule has 1 aliphatic carbocycles. The third kappa shape index (κ3) is 2.44. The highest BCUT2D eigenvalue weighted by Crippen LogP contribution is 2.47. The van der Waals surface area contributed by atoms with Crippen LogP contribution in [0.5, 0.6) is 0 Å². The fourth-order valence-electron chi connectivity index (χ4n) is 4.21. The average molecular weight is 336 g/mol. The lowest BCUT2D eigenvalue weighted by molar-refractivity contribution is -0.140. The molecule has 128 valence electrons. The van der Waals surface area contributed by atoms with Crippen molar-refractivity contribution in [2.75, 3.05) is 18.1 Å². The summed E-state index contributed by atoms with van der Waals surface area (Å²) in [7, 11) is 0. The van der Waals surface area contributed by atoms with Gasteiger partial charge in [-0.15, -0.1) is 0 Å². The normalized spacial score (nSPS) is 27.0. The Labute approximate surface area is 138 Å². The standard InChI is InChI=1S/C18H19F3N2O/c19-18(20,21)16-9-15(13-3-1-2-4-14(13)22-16)23-10-17(11-24)7-5-12(23)6-8-17/h1-4,9,12,24H,5-8,10-11H2. The van der Waals surface area contributed by atoms with E-state index in [-0.39, 0.29) is 18.1 Å². The lowest BCUT2D eigenvalue weighted by atomic mass is 9.68. The average Bonchev–Trinajstić information content (AvgIpc) is 2.61. The van der Waals surface area contributed by atoms with Crippen LogP contribution < -0.4 is 4.90 Å². The molecule has 3 nitrogen and oxygen atoms in total. The minimum atomic E-state index is -4.47. The number of nitrogens with zero attached hydrogens (tertiary/aromatic N) is 2. The molecule has 0 spiro atoms. The number of para-hydroxylation sites is 1. The Kier molecular flexibility index (Phi) is 3.49. The van der Waals surface area contributed by atoms with E-state index < -0.39 is 11.9 Å². The van der Waals surface area contributed by atoms with Crippen LogP contribution in [0.1, 0.15) is 31.4 Å². The number of hydrogen-bond donors (Lipinski definition) is 1. The topological polar surface area (TPSA) is 36.4 Å². The van der Waals surface area contributed by atoms with Crippen molar-refractivity contribution in [2.45, 2.75) is 37.9 Å². The van der Waals surface area contributed by atoms with Crippen molar-refractivity contribution in [1.29, 1.82) is 0 Å². The van der Waals surface area contributed by atoms with E-state index in [0.717, 1.165) is 31.1 Å². The van der Waals surface area contributed by atoms with Crippen LogP contribution in [0.4, 0.5) is 18.9 Å². The van der Waals surface area contributed by atoms with Gasteiger partial charge in [-0.2, -0.15) is 13.2 Å². The third-order valence-electron chi connectivity index (χ3n) is 5.59. The maximum absolute atomic E-state index is 13.3. The molecule has 2 bridgehead atoms. The minimum absolute atomic E-state index is 0.0887. The van der Waals surface area contributed by atoms with Crippen molar-refractivity contribution in [2.24, 2.45) is 5.41 Å². The largest absolute Gasteiger partial charge is 0.433 e. The Morgan fingerprint density at radius 2 is 1.92 bits per heavy atom. The van der Waals surface area contributed by atoms with E-state index in [1.807, 2.05) is 12.1 Å². The number of rotatable bonds is 2.